The number of rotatable bonds is 4. The van der Waals surface area contributed by atoms with E-state index in [1.807, 2.05) is 13.8 Å². The van der Waals surface area contributed by atoms with Crippen molar-refractivity contribution in [3.05, 3.63) is 26.6 Å². The predicted molar refractivity (Wildman–Crippen MR) is 98.7 cm³/mol. The number of carbonyl (C=O) groups is 2. The molecule has 3 rings (SSSR count). The summed E-state index contributed by atoms with van der Waals surface area (Å²) in [6.45, 7) is 4.01. The number of aryl methyl sites for hydroxylation is 1. The second-order valence-electron chi connectivity index (χ2n) is 7.05. The third-order valence-electron chi connectivity index (χ3n) is 5.15. The second kappa shape index (κ2) is 6.36. The number of nitrogens with two attached hydrogens (primary N) is 1. The first kappa shape index (κ1) is 17.8. The van der Waals surface area contributed by atoms with Crippen LogP contribution in [0.2, 0.25) is 0 Å². The molecule has 0 aliphatic heterocycles. The molecule has 4 nitrogen and oxygen atoms in total. The highest BCUT2D eigenvalue weighted by Gasteiger charge is 2.60. The maximum Gasteiger partial charge on any atom is 0.251 e. The van der Waals surface area contributed by atoms with Gasteiger partial charge in [0.25, 0.3) is 5.91 Å². The molecule has 0 radical (unpaired) electrons. The first-order valence-corrected chi connectivity index (χ1v) is 9.58. The number of fused-ring (bicyclic) bond motifs is 1. The van der Waals surface area contributed by atoms with Gasteiger partial charge in [-0.15, -0.1) is 11.3 Å². The minimum Gasteiger partial charge on any atom is -0.365 e. The molecule has 1 fully saturated rings. The van der Waals surface area contributed by atoms with Gasteiger partial charge in [-0.05, 0) is 48.7 Å². The Labute approximate surface area is 155 Å². The summed E-state index contributed by atoms with van der Waals surface area (Å²) in [6.07, 6.45) is 5.66. The molecular weight excluding hydrogens is 367 g/mol. The fourth-order valence-corrected chi connectivity index (χ4v) is 5.30. The number of allylic oxidation sites excluding steroid dienone is 1. The van der Waals surface area contributed by atoms with Gasteiger partial charge in [0.2, 0.25) is 5.91 Å². The van der Waals surface area contributed by atoms with Crippen molar-refractivity contribution >= 4 is 51.4 Å². The molecule has 0 aromatic carbocycles. The normalized spacial score (nSPS) is 24.0. The molecule has 130 valence electrons. The number of hydrogen-bond donors (Lipinski definition) is 2. The third-order valence-corrected chi connectivity index (χ3v) is 6.61. The Kier molecular flexibility index (Phi) is 4.71. The Balaban J connectivity index is 1.84. The van der Waals surface area contributed by atoms with E-state index in [2.05, 4.69) is 5.32 Å². The highest BCUT2D eigenvalue weighted by atomic mass is 35.5. The van der Waals surface area contributed by atoms with Crippen LogP contribution in [0.1, 0.15) is 47.5 Å². The van der Waals surface area contributed by atoms with Gasteiger partial charge in [-0.2, -0.15) is 0 Å². The maximum atomic E-state index is 12.7. The Hall–Kier alpha value is -1.04. The Morgan fingerprint density at radius 3 is 2.58 bits per heavy atom. The molecular formula is C17H20Cl2N2O2S. The van der Waals surface area contributed by atoms with Crippen LogP contribution in [0.4, 0.5) is 5.00 Å². The quantitative estimate of drug-likeness (QED) is 0.811. The van der Waals surface area contributed by atoms with E-state index in [0.29, 0.717) is 10.6 Å². The van der Waals surface area contributed by atoms with Gasteiger partial charge >= 0.3 is 0 Å². The standard InChI is InChI=1S/C17H20Cl2N2O2S/c1-17(2)9(7-11(18)19)13(17)15(23)21-16-12(14(20)22)8-5-3-4-6-10(8)24-16/h7,9,13H,3-6H2,1-2H3,(H2,20,22)(H,21,23)/t9-,13+/m0/s1. The van der Waals surface area contributed by atoms with E-state index < -0.39 is 5.91 Å². The van der Waals surface area contributed by atoms with Crippen LogP contribution in [0, 0.1) is 17.3 Å². The summed E-state index contributed by atoms with van der Waals surface area (Å²) in [5, 5.41) is 3.52. The van der Waals surface area contributed by atoms with Crippen molar-refractivity contribution in [2.24, 2.45) is 23.0 Å². The number of halogens is 2. The van der Waals surface area contributed by atoms with Crippen molar-refractivity contribution in [3.8, 4) is 0 Å². The number of hydrogen-bond acceptors (Lipinski definition) is 3. The number of thiophene rings is 1. The average Bonchev–Trinajstić information content (AvgIpc) is 2.85. The van der Waals surface area contributed by atoms with Gasteiger partial charge in [0.05, 0.1) is 11.5 Å². The van der Waals surface area contributed by atoms with E-state index in [1.165, 1.54) is 16.2 Å². The van der Waals surface area contributed by atoms with Crippen LogP contribution in [0.5, 0.6) is 0 Å². The van der Waals surface area contributed by atoms with E-state index >= 15 is 0 Å². The highest BCUT2D eigenvalue weighted by Crippen LogP contribution is 2.60. The molecule has 2 aliphatic carbocycles. The monoisotopic (exact) mass is 386 g/mol. The molecule has 1 saturated carbocycles. The average molecular weight is 387 g/mol. The minimum atomic E-state index is -0.472. The lowest BCUT2D eigenvalue weighted by molar-refractivity contribution is -0.118. The summed E-state index contributed by atoms with van der Waals surface area (Å²) in [6, 6.07) is 0. The molecule has 24 heavy (non-hydrogen) atoms. The maximum absolute atomic E-state index is 12.7. The summed E-state index contributed by atoms with van der Waals surface area (Å²) in [5.74, 6) is -0.809. The number of carbonyl (C=O) groups excluding carboxylic acids is 2. The van der Waals surface area contributed by atoms with Crippen molar-refractivity contribution in [1.82, 2.24) is 0 Å². The molecule has 0 unspecified atom stereocenters. The fraction of sp³-hybridized carbons (Fsp3) is 0.529. The largest absolute Gasteiger partial charge is 0.365 e. The van der Waals surface area contributed by atoms with Gasteiger partial charge in [-0.25, -0.2) is 0 Å². The van der Waals surface area contributed by atoms with Gasteiger partial charge in [-0.3, -0.25) is 9.59 Å². The second-order valence-corrected chi connectivity index (χ2v) is 9.16. The van der Waals surface area contributed by atoms with E-state index in [1.54, 1.807) is 6.08 Å². The predicted octanol–water partition coefficient (Wildman–Crippen LogP) is 4.26. The van der Waals surface area contributed by atoms with Gasteiger partial charge in [0.1, 0.15) is 9.49 Å². The lowest BCUT2D eigenvalue weighted by atomic mass is 9.95. The molecule has 1 aromatic heterocycles. The van der Waals surface area contributed by atoms with E-state index in [0.717, 1.165) is 31.2 Å². The molecule has 0 saturated heterocycles. The zero-order valence-electron chi connectivity index (χ0n) is 13.6. The lowest BCUT2D eigenvalue weighted by Gasteiger charge is -2.11. The Morgan fingerprint density at radius 1 is 1.29 bits per heavy atom. The molecule has 2 aliphatic rings. The van der Waals surface area contributed by atoms with Crippen molar-refractivity contribution in [2.75, 3.05) is 5.32 Å². The van der Waals surface area contributed by atoms with Gasteiger partial charge in [-0.1, -0.05) is 37.0 Å². The number of amides is 2. The van der Waals surface area contributed by atoms with E-state index in [-0.39, 0.29) is 27.6 Å². The van der Waals surface area contributed by atoms with Crippen LogP contribution in [0.25, 0.3) is 0 Å². The lowest BCUT2D eigenvalue weighted by Crippen LogP contribution is -2.20. The van der Waals surface area contributed by atoms with Crippen molar-refractivity contribution in [2.45, 2.75) is 39.5 Å². The summed E-state index contributed by atoms with van der Waals surface area (Å²) in [5.41, 5.74) is 6.87. The molecule has 1 heterocycles. The Bertz CT molecular complexity index is 735. The fourth-order valence-electron chi connectivity index (χ4n) is 3.73. The van der Waals surface area contributed by atoms with Crippen LogP contribution in [-0.2, 0) is 17.6 Å². The number of primary amides is 1. The first-order valence-electron chi connectivity index (χ1n) is 8.01. The number of nitrogens with one attached hydrogen (secondary N) is 1. The summed E-state index contributed by atoms with van der Waals surface area (Å²) >= 11 is 13.0. The van der Waals surface area contributed by atoms with Gasteiger partial charge < -0.3 is 11.1 Å². The third kappa shape index (κ3) is 3.09. The molecule has 1 aromatic rings. The molecule has 0 spiro atoms. The summed E-state index contributed by atoms with van der Waals surface area (Å²) < 4.78 is 0.174. The van der Waals surface area contributed by atoms with Crippen LogP contribution in [0.15, 0.2) is 10.6 Å². The summed E-state index contributed by atoms with van der Waals surface area (Å²) in [7, 11) is 0. The molecule has 0 bridgehead atoms. The zero-order valence-corrected chi connectivity index (χ0v) is 15.9. The first-order chi connectivity index (χ1) is 11.2. The van der Waals surface area contributed by atoms with Crippen LogP contribution >= 0.6 is 34.5 Å². The van der Waals surface area contributed by atoms with Crippen LogP contribution in [0.3, 0.4) is 0 Å². The molecule has 2 atom stereocenters. The SMILES string of the molecule is CC1(C)[C@@H](C=C(Cl)Cl)[C@@H]1C(=O)Nc1sc2c(c1C(N)=O)CCCC2. The van der Waals surface area contributed by atoms with Crippen molar-refractivity contribution in [1.29, 1.82) is 0 Å². The van der Waals surface area contributed by atoms with E-state index in [9.17, 15) is 9.59 Å². The van der Waals surface area contributed by atoms with E-state index in [4.69, 9.17) is 28.9 Å². The Morgan fingerprint density at radius 2 is 1.96 bits per heavy atom. The minimum absolute atomic E-state index is 0.00545. The molecule has 7 heteroatoms. The van der Waals surface area contributed by atoms with Crippen molar-refractivity contribution < 1.29 is 9.59 Å². The zero-order chi connectivity index (χ0) is 17.6. The van der Waals surface area contributed by atoms with Crippen LogP contribution in [-0.4, -0.2) is 11.8 Å². The van der Waals surface area contributed by atoms with Gasteiger partial charge in [0.15, 0.2) is 0 Å². The van der Waals surface area contributed by atoms with Crippen molar-refractivity contribution in [3.63, 3.8) is 0 Å². The molecule has 3 N–H and O–H groups in total. The topological polar surface area (TPSA) is 72.2 Å². The van der Waals surface area contributed by atoms with Crippen LogP contribution < -0.4 is 11.1 Å². The highest BCUT2D eigenvalue weighted by molar-refractivity contribution is 7.17. The molecule has 2 amide bonds. The van der Waals surface area contributed by atoms with Gasteiger partial charge in [0, 0.05) is 4.88 Å². The summed E-state index contributed by atoms with van der Waals surface area (Å²) in [4.78, 5) is 25.8. The smallest absolute Gasteiger partial charge is 0.251 e. The number of anilines is 1.